The summed E-state index contributed by atoms with van der Waals surface area (Å²) in [5.74, 6) is -0.182. The van der Waals surface area contributed by atoms with Crippen LogP contribution in [-0.2, 0) is 4.79 Å². The Morgan fingerprint density at radius 1 is 1.36 bits per heavy atom. The van der Waals surface area contributed by atoms with E-state index < -0.39 is 16.9 Å². The van der Waals surface area contributed by atoms with Crippen molar-refractivity contribution in [1.29, 1.82) is 0 Å². The molecule has 130 valence electrons. The van der Waals surface area contributed by atoms with E-state index in [1.54, 1.807) is 31.2 Å². The Balaban J connectivity index is 1.96. The summed E-state index contributed by atoms with van der Waals surface area (Å²) in [6, 6.07) is 10.5. The molecule has 0 saturated carbocycles. The lowest BCUT2D eigenvalue weighted by atomic mass is 10.2. The van der Waals surface area contributed by atoms with E-state index in [-0.39, 0.29) is 17.0 Å². The molecule has 25 heavy (non-hydrogen) atoms. The van der Waals surface area contributed by atoms with Crippen LogP contribution in [-0.4, -0.2) is 28.3 Å². The smallest absolute Gasteiger partial charge is 0.280 e. The van der Waals surface area contributed by atoms with Gasteiger partial charge in [0.15, 0.2) is 6.10 Å². The quantitative estimate of drug-likeness (QED) is 0.433. The number of hydrogen-bond acceptors (Lipinski definition) is 6. The number of benzene rings is 2. The number of phenolic OH excluding ortho intramolecular Hbond substituents is 1. The molecule has 0 aliphatic carbocycles. The first kappa shape index (κ1) is 18.4. The number of non-ortho nitro benzene ring substituents is 1. The highest BCUT2D eigenvalue weighted by Gasteiger charge is 2.14. The van der Waals surface area contributed by atoms with E-state index in [0.29, 0.717) is 5.75 Å². The van der Waals surface area contributed by atoms with Gasteiger partial charge in [0.25, 0.3) is 11.6 Å². The molecule has 2 aromatic carbocycles. The molecule has 0 heterocycles. The maximum absolute atomic E-state index is 11.9. The molecular weight excluding hydrogens is 394 g/mol. The highest BCUT2D eigenvalue weighted by Crippen LogP contribution is 2.21. The van der Waals surface area contributed by atoms with Gasteiger partial charge in [-0.1, -0.05) is 15.9 Å². The molecule has 0 bridgehead atoms. The van der Waals surface area contributed by atoms with Crippen molar-refractivity contribution in [3.8, 4) is 11.5 Å². The lowest BCUT2D eigenvalue weighted by molar-refractivity contribution is -0.384. The lowest BCUT2D eigenvalue weighted by Crippen LogP contribution is -2.33. The average molecular weight is 408 g/mol. The topological polar surface area (TPSA) is 114 Å². The first-order valence-corrected chi connectivity index (χ1v) is 7.88. The van der Waals surface area contributed by atoms with Crippen LogP contribution < -0.4 is 10.2 Å². The summed E-state index contributed by atoms with van der Waals surface area (Å²) in [5, 5.41) is 24.1. The maximum atomic E-state index is 11.9. The molecule has 9 heteroatoms. The minimum absolute atomic E-state index is 0.107. The van der Waals surface area contributed by atoms with Gasteiger partial charge in [0.2, 0.25) is 0 Å². The second-order valence-corrected chi connectivity index (χ2v) is 5.86. The SMILES string of the molecule is C[C@@H](Oc1ccc(Br)cc1)C(=O)N/N=C\c1cc([N+](=O)[O-])ccc1O. The summed E-state index contributed by atoms with van der Waals surface area (Å²) in [6.07, 6.45) is 0.309. The fourth-order valence-electron chi connectivity index (χ4n) is 1.79. The van der Waals surface area contributed by atoms with Crippen molar-refractivity contribution in [3.63, 3.8) is 0 Å². The number of hydrazone groups is 1. The molecule has 2 N–H and O–H groups in total. The van der Waals surface area contributed by atoms with Gasteiger partial charge in [0.1, 0.15) is 11.5 Å². The Labute approximate surface area is 151 Å². The molecule has 0 spiro atoms. The van der Waals surface area contributed by atoms with Gasteiger partial charge in [0, 0.05) is 22.2 Å². The monoisotopic (exact) mass is 407 g/mol. The van der Waals surface area contributed by atoms with Crippen LogP contribution in [0.4, 0.5) is 5.69 Å². The second-order valence-electron chi connectivity index (χ2n) is 4.95. The molecule has 1 amide bonds. The highest BCUT2D eigenvalue weighted by molar-refractivity contribution is 9.10. The van der Waals surface area contributed by atoms with Crippen LogP contribution in [0.1, 0.15) is 12.5 Å². The summed E-state index contributed by atoms with van der Waals surface area (Å²) in [4.78, 5) is 22.1. The molecule has 0 unspecified atom stereocenters. The van der Waals surface area contributed by atoms with Crippen molar-refractivity contribution in [1.82, 2.24) is 5.43 Å². The van der Waals surface area contributed by atoms with Crippen molar-refractivity contribution in [2.24, 2.45) is 5.10 Å². The summed E-state index contributed by atoms with van der Waals surface area (Å²) >= 11 is 3.30. The van der Waals surface area contributed by atoms with E-state index in [0.717, 1.165) is 16.8 Å². The van der Waals surface area contributed by atoms with Gasteiger partial charge in [-0.3, -0.25) is 14.9 Å². The molecule has 0 aliphatic rings. The Morgan fingerprint density at radius 3 is 2.68 bits per heavy atom. The summed E-state index contributed by atoms with van der Waals surface area (Å²) in [5.41, 5.74) is 2.16. The number of rotatable bonds is 6. The van der Waals surface area contributed by atoms with Gasteiger partial charge in [-0.15, -0.1) is 0 Å². The number of carbonyl (C=O) groups excluding carboxylic acids is 1. The summed E-state index contributed by atoms with van der Waals surface area (Å²) in [7, 11) is 0. The van der Waals surface area contributed by atoms with Crippen LogP contribution in [0.15, 0.2) is 52.0 Å². The molecule has 0 aromatic heterocycles. The number of phenols is 1. The molecule has 2 aromatic rings. The van der Waals surface area contributed by atoms with Crippen LogP contribution in [0, 0.1) is 10.1 Å². The number of amides is 1. The zero-order chi connectivity index (χ0) is 18.4. The van der Waals surface area contributed by atoms with Gasteiger partial charge < -0.3 is 9.84 Å². The standard InChI is InChI=1S/C16H14BrN3O5/c1-10(25-14-5-2-12(17)3-6-14)16(22)19-18-9-11-8-13(20(23)24)4-7-15(11)21/h2-10,21H,1H3,(H,19,22)/b18-9-/t10-/m1/s1. The Hall–Kier alpha value is -2.94. The number of carbonyl (C=O) groups is 1. The van der Waals surface area contributed by atoms with Crippen LogP contribution in [0.5, 0.6) is 11.5 Å². The number of nitro groups is 1. The van der Waals surface area contributed by atoms with Crippen LogP contribution in [0.3, 0.4) is 0 Å². The highest BCUT2D eigenvalue weighted by atomic mass is 79.9. The fourth-order valence-corrected chi connectivity index (χ4v) is 2.05. The maximum Gasteiger partial charge on any atom is 0.280 e. The zero-order valence-corrected chi connectivity index (χ0v) is 14.6. The largest absolute Gasteiger partial charge is 0.507 e. The van der Waals surface area contributed by atoms with E-state index in [1.165, 1.54) is 12.1 Å². The molecule has 2 rings (SSSR count). The Bertz CT molecular complexity index is 808. The van der Waals surface area contributed by atoms with Crippen LogP contribution >= 0.6 is 15.9 Å². The first-order valence-electron chi connectivity index (χ1n) is 7.09. The van der Waals surface area contributed by atoms with Gasteiger partial charge in [0.05, 0.1) is 11.1 Å². The molecule has 0 aliphatic heterocycles. The van der Waals surface area contributed by atoms with E-state index in [9.17, 15) is 20.0 Å². The van der Waals surface area contributed by atoms with Crippen molar-refractivity contribution < 1.29 is 19.6 Å². The molecule has 1 atom stereocenters. The van der Waals surface area contributed by atoms with Crippen molar-refractivity contribution in [2.45, 2.75) is 13.0 Å². The van der Waals surface area contributed by atoms with Crippen molar-refractivity contribution in [3.05, 3.63) is 62.6 Å². The number of ether oxygens (including phenoxy) is 1. The second kappa shape index (κ2) is 8.25. The van der Waals surface area contributed by atoms with Gasteiger partial charge in [-0.05, 0) is 37.3 Å². The molecule has 0 radical (unpaired) electrons. The van der Waals surface area contributed by atoms with Crippen molar-refractivity contribution >= 4 is 33.7 Å². The minimum Gasteiger partial charge on any atom is -0.507 e. The number of nitrogens with zero attached hydrogens (tertiary/aromatic N) is 2. The predicted octanol–water partition coefficient (Wildman–Crippen LogP) is 2.98. The zero-order valence-electron chi connectivity index (χ0n) is 13.0. The van der Waals surface area contributed by atoms with Crippen LogP contribution in [0.2, 0.25) is 0 Å². The molecule has 0 saturated heterocycles. The number of halogens is 1. The van der Waals surface area contributed by atoms with Crippen molar-refractivity contribution in [2.75, 3.05) is 0 Å². The Morgan fingerprint density at radius 2 is 2.04 bits per heavy atom. The first-order chi connectivity index (χ1) is 11.9. The third kappa shape index (κ3) is 5.28. The predicted molar refractivity (Wildman–Crippen MR) is 94.7 cm³/mol. The van der Waals surface area contributed by atoms with E-state index in [2.05, 4.69) is 26.5 Å². The number of nitrogens with one attached hydrogen (secondary N) is 1. The molecule has 0 fully saturated rings. The number of nitro benzene ring substituents is 1. The van der Waals surface area contributed by atoms with E-state index in [4.69, 9.17) is 4.74 Å². The minimum atomic E-state index is -0.808. The Kier molecular flexibility index (Phi) is 6.07. The van der Waals surface area contributed by atoms with E-state index >= 15 is 0 Å². The summed E-state index contributed by atoms with van der Waals surface area (Å²) < 4.78 is 6.35. The third-order valence-electron chi connectivity index (χ3n) is 3.10. The van der Waals surface area contributed by atoms with Gasteiger partial charge >= 0.3 is 0 Å². The van der Waals surface area contributed by atoms with Gasteiger partial charge in [-0.2, -0.15) is 5.10 Å². The average Bonchev–Trinajstić information content (AvgIpc) is 2.58. The lowest BCUT2D eigenvalue weighted by Gasteiger charge is -2.12. The molecule has 8 nitrogen and oxygen atoms in total. The van der Waals surface area contributed by atoms with E-state index in [1.807, 2.05) is 0 Å². The molecular formula is C16H14BrN3O5. The summed E-state index contributed by atoms with van der Waals surface area (Å²) in [6.45, 7) is 1.55. The fraction of sp³-hybridized carbons (Fsp3) is 0.125. The normalized spacial score (nSPS) is 11.9. The van der Waals surface area contributed by atoms with Gasteiger partial charge in [-0.25, -0.2) is 5.43 Å². The third-order valence-corrected chi connectivity index (χ3v) is 3.62. The number of aromatic hydroxyl groups is 1. The number of hydrogen-bond donors (Lipinski definition) is 2. The van der Waals surface area contributed by atoms with Crippen LogP contribution in [0.25, 0.3) is 0 Å².